The summed E-state index contributed by atoms with van der Waals surface area (Å²) in [5.74, 6) is 1.56. The fourth-order valence-electron chi connectivity index (χ4n) is 2.87. The standard InChI is InChI=1S/C16H28N2O2/c1-4-13-7-5-6-8-16(13)19-11-15-9-14(18-20-15)10-17-12(2)3/h9,12-13,16-17H,4-8,10-11H2,1-3H3. The first-order valence-electron chi connectivity index (χ1n) is 7.98. The Balaban J connectivity index is 1.78. The number of nitrogens with zero attached hydrogens (tertiary/aromatic N) is 1. The molecule has 0 radical (unpaired) electrons. The van der Waals surface area contributed by atoms with Gasteiger partial charge in [-0.1, -0.05) is 45.2 Å². The fourth-order valence-corrected chi connectivity index (χ4v) is 2.87. The number of rotatable bonds is 7. The van der Waals surface area contributed by atoms with Gasteiger partial charge in [0.1, 0.15) is 6.61 Å². The predicted octanol–water partition coefficient (Wildman–Crippen LogP) is 3.66. The molecule has 1 N–H and O–H groups in total. The van der Waals surface area contributed by atoms with Gasteiger partial charge in [0.25, 0.3) is 0 Å². The highest BCUT2D eigenvalue weighted by atomic mass is 16.5. The van der Waals surface area contributed by atoms with Gasteiger partial charge in [-0.3, -0.25) is 0 Å². The topological polar surface area (TPSA) is 47.3 Å². The molecule has 1 aliphatic carbocycles. The van der Waals surface area contributed by atoms with E-state index in [1.165, 1.54) is 32.1 Å². The van der Waals surface area contributed by atoms with Gasteiger partial charge in [-0.05, 0) is 18.8 Å². The van der Waals surface area contributed by atoms with Crippen LogP contribution in [0, 0.1) is 5.92 Å². The molecule has 0 bridgehead atoms. The first-order valence-corrected chi connectivity index (χ1v) is 7.98. The molecule has 1 heterocycles. The zero-order valence-corrected chi connectivity index (χ0v) is 13.0. The van der Waals surface area contributed by atoms with Gasteiger partial charge in [0, 0.05) is 18.7 Å². The minimum Gasteiger partial charge on any atom is -0.370 e. The fraction of sp³-hybridized carbons (Fsp3) is 0.812. The number of nitrogens with one attached hydrogen (secondary N) is 1. The van der Waals surface area contributed by atoms with E-state index in [9.17, 15) is 0 Å². The van der Waals surface area contributed by atoms with E-state index < -0.39 is 0 Å². The van der Waals surface area contributed by atoms with Gasteiger partial charge >= 0.3 is 0 Å². The van der Waals surface area contributed by atoms with Gasteiger partial charge in [0.05, 0.1) is 11.8 Å². The highest BCUT2D eigenvalue weighted by molar-refractivity contribution is 5.04. The number of hydrogen-bond donors (Lipinski definition) is 1. The van der Waals surface area contributed by atoms with Crippen molar-refractivity contribution >= 4 is 0 Å². The van der Waals surface area contributed by atoms with Crippen LogP contribution in [0.25, 0.3) is 0 Å². The molecular formula is C16H28N2O2. The van der Waals surface area contributed by atoms with Crippen molar-refractivity contribution in [2.75, 3.05) is 0 Å². The third kappa shape index (κ3) is 4.60. The Morgan fingerprint density at radius 1 is 1.40 bits per heavy atom. The van der Waals surface area contributed by atoms with Crippen molar-refractivity contribution < 1.29 is 9.26 Å². The average Bonchev–Trinajstić information content (AvgIpc) is 2.91. The molecule has 1 saturated carbocycles. The molecule has 114 valence electrons. The Morgan fingerprint density at radius 3 is 2.95 bits per heavy atom. The molecule has 1 aromatic heterocycles. The highest BCUT2D eigenvalue weighted by Gasteiger charge is 2.24. The van der Waals surface area contributed by atoms with E-state index in [0.717, 1.165) is 18.0 Å². The van der Waals surface area contributed by atoms with Crippen molar-refractivity contribution in [2.45, 2.75) is 78.2 Å². The van der Waals surface area contributed by atoms with Gasteiger partial charge in [-0.25, -0.2) is 0 Å². The minimum atomic E-state index is 0.399. The maximum absolute atomic E-state index is 6.06. The summed E-state index contributed by atoms with van der Waals surface area (Å²) in [4.78, 5) is 0. The SMILES string of the molecule is CCC1CCCCC1OCc1cc(CNC(C)C)no1. The Kier molecular flexibility index (Phi) is 6.05. The second kappa shape index (κ2) is 7.79. The van der Waals surface area contributed by atoms with Gasteiger partial charge in [-0.2, -0.15) is 0 Å². The van der Waals surface area contributed by atoms with Crippen LogP contribution in [0.5, 0.6) is 0 Å². The first-order chi connectivity index (χ1) is 9.69. The molecule has 0 aliphatic heterocycles. The number of ether oxygens (including phenoxy) is 1. The van der Waals surface area contributed by atoms with Gasteiger partial charge in [-0.15, -0.1) is 0 Å². The Bertz CT molecular complexity index is 390. The van der Waals surface area contributed by atoms with E-state index in [-0.39, 0.29) is 0 Å². The predicted molar refractivity (Wildman–Crippen MR) is 79.3 cm³/mol. The van der Waals surface area contributed by atoms with Crippen LogP contribution in [0.1, 0.15) is 64.3 Å². The average molecular weight is 280 g/mol. The van der Waals surface area contributed by atoms with Gasteiger partial charge in [0.15, 0.2) is 5.76 Å². The Labute approximate surface area is 122 Å². The third-order valence-corrected chi connectivity index (χ3v) is 4.10. The van der Waals surface area contributed by atoms with Crippen LogP contribution in [0.15, 0.2) is 10.6 Å². The molecule has 4 heteroatoms. The molecule has 1 aliphatic rings. The van der Waals surface area contributed by atoms with Crippen LogP contribution in [-0.2, 0) is 17.9 Å². The summed E-state index contributed by atoms with van der Waals surface area (Å²) in [6.07, 6.45) is 6.75. The van der Waals surface area contributed by atoms with E-state index in [2.05, 4.69) is 31.2 Å². The Morgan fingerprint density at radius 2 is 2.20 bits per heavy atom. The lowest BCUT2D eigenvalue weighted by atomic mass is 9.85. The third-order valence-electron chi connectivity index (χ3n) is 4.10. The molecule has 20 heavy (non-hydrogen) atoms. The van der Waals surface area contributed by atoms with Crippen LogP contribution in [0.4, 0.5) is 0 Å². The van der Waals surface area contributed by atoms with E-state index in [0.29, 0.717) is 24.7 Å². The molecule has 2 unspecified atom stereocenters. The summed E-state index contributed by atoms with van der Waals surface area (Å²) in [5, 5.41) is 7.41. The lowest BCUT2D eigenvalue weighted by molar-refractivity contribution is -0.0298. The van der Waals surface area contributed by atoms with E-state index in [4.69, 9.17) is 9.26 Å². The van der Waals surface area contributed by atoms with Crippen LogP contribution < -0.4 is 5.32 Å². The maximum Gasteiger partial charge on any atom is 0.162 e. The zero-order valence-electron chi connectivity index (χ0n) is 13.0. The van der Waals surface area contributed by atoms with Crippen molar-refractivity contribution in [1.82, 2.24) is 10.5 Å². The van der Waals surface area contributed by atoms with Crippen LogP contribution >= 0.6 is 0 Å². The van der Waals surface area contributed by atoms with Crippen molar-refractivity contribution in [2.24, 2.45) is 5.92 Å². The summed E-state index contributed by atoms with van der Waals surface area (Å²) in [6.45, 7) is 7.81. The molecule has 0 amide bonds. The lowest BCUT2D eigenvalue weighted by Gasteiger charge is -2.30. The molecule has 2 atom stereocenters. The van der Waals surface area contributed by atoms with Crippen molar-refractivity contribution in [1.29, 1.82) is 0 Å². The van der Waals surface area contributed by atoms with Crippen LogP contribution in [0.3, 0.4) is 0 Å². The zero-order chi connectivity index (χ0) is 14.4. The normalized spacial score (nSPS) is 23.4. The largest absolute Gasteiger partial charge is 0.370 e. The molecule has 0 saturated heterocycles. The quantitative estimate of drug-likeness (QED) is 0.828. The summed E-state index contributed by atoms with van der Waals surface area (Å²) in [6, 6.07) is 2.46. The summed E-state index contributed by atoms with van der Waals surface area (Å²) in [5.41, 5.74) is 0.952. The molecule has 4 nitrogen and oxygen atoms in total. The van der Waals surface area contributed by atoms with E-state index >= 15 is 0 Å². The van der Waals surface area contributed by atoms with Gasteiger partial charge < -0.3 is 14.6 Å². The van der Waals surface area contributed by atoms with E-state index in [1.807, 2.05) is 6.07 Å². The van der Waals surface area contributed by atoms with Crippen molar-refractivity contribution in [3.63, 3.8) is 0 Å². The highest BCUT2D eigenvalue weighted by Crippen LogP contribution is 2.29. The molecule has 0 aromatic carbocycles. The van der Waals surface area contributed by atoms with Crippen LogP contribution in [-0.4, -0.2) is 17.3 Å². The van der Waals surface area contributed by atoms with Gasteiger partial charge in [0.2, 0.25) is 0 Å². The molecule has 1 aromatic rings. The monoisotopic (exact) mass is 280 g/mol. The summed E-state index contributed by atoms with van der Waals surface area (Å²) < 4.78 is 11.4. The second-order valence-corrected chi connectivity index (χ2v) is 6.12. The molecule has 1 fully saturated rings. The first kappa shape index (κ1) is 15.5. The Hall–Kier alpha value is -0.870. The van der Waals surface area contributed by atoms with Crippen molar-refractivity contribution in [3.8, 4) is 0 Å². The van der Waals surface area contributed by atoms with Crippen molar-refractivity contribution in [3.05, 3.63) is 17.5 Å². The number of hydrogen-bond acceptors (Lipinski definition) is 4. The molecule has 0 spiro atoms. The maximum atomic E-state index is 6.06. The smallest absolute Gasteiger partial charge is 0.162 e. The summed E-state index contributed by atoms with van der Waals surface area (Å²) in [7, 11) is 0. The number of aromatic nitrogens is 1. The lowest BCUT2D eigenvalue weighted by Crippen LogP contribution is -2.27. The minimum absolute atomic E-state index is 0.399. The summed E-state index contributed by atoms with van der Waals surface area (Å²) >= 11 is 0. The van der Waals surface area contributed by atoms with E-state index in [1.54, 1.807) is 0 Å². The molecular weight excluding hydrogens is 252 g/mol. The molecule has 2 rings (SSSR count). The van der Waals surface area contributed by atoms with Crippen LogP contribution in [0.2, 0.25) is 0 Å². The second-order valence-electron chi connectivity index (χ2n) is 6.12.